The van der Waals surface area contributed by atoms with Crippen molar-refractivity contribution < 1.29 is 27.9 Å². The van der Waals surface area contributed by atoms with Crippen LogP contribution in [0.4, 0.5) is 18.9 Å². The smallest absolute Gasteiger partial charge is 0.475 e. The Balaban J connectivity index is 0.000000431. The minimum Gasteiger partial charge on any atom is -0.475 e. The van der Waals surface area contributed by atoms with Crippen LogP contribution in [0, 0.1) is 0 Å². The molecule has 1 fully saturated rings. The third-order valence-corrected chi connectivity index (χ3v) is 7.48. The van der Waals surface area contributed by atoms with Crippen LogP contribution in [-0.4, -0.2) is 52.4 Å². The highest BCUT2D eigenvalue weighted by Crippen LogP contribution is 2.65. The maximum atomic E-state index is 12.9. The number of nitrogens with one attached hydrogen (secondary N) is 2. The Labute approximate surface area is 238 Å². The van der Waals surface area contributed by atoms with E-state index in [1.54, 1.807) is 0 Å². The first-order valence-corrected chi connectivity index (χ1v) is 13.1. The van der Waals surface area contributed by atoms with Crippen LogP contribution in [0.3, 0.4) is 0 Å². The second-order valence-corrected chi connectivity index (χ2v) is 10.8. The Morgan fingerprint density at radius 1 is 1.12 bits per heavy atom. The summed E-state index contributed by atoms with van der Waals surface area (Å²) in [4.78, 5) is 23.9. The van der Waals surface area contributed by atoms with Gasteiger partial charge in [0.1, 0.15) is 0 Å². The van der Waals surface area contributed by atoms with E-state index in [1.807, 2.05) is 24.3 Å². The molecule has 0 radical (unpaired) electrons. The zero-order chi connectivity index (χ0) is 29.5. The minimum absolute atomic E-state index is 0.0692. The molecule has 212 valence electrons. The summed E-state index contributed by atoms with van der Waals surface area (Å²) in [5, 5.41) is 19.6. The molecule has 1 aromatic heterocycles. The summed E-state index contributed by atoms with van der Waals surface area (Å²) in [6, 6.07) is 20.6. The molecule has 1 aliphatic carbocycles. The standard InChI is InChI=1S/C28H25ClN4O.C2HF3O2/c1-33(2)16-18-5-3-17(4-6-18)7-11-24-21-10-8-19(13-26(21)32-31-24)23-15-28(23)22-14-20(29)9-12-25(22)30-27(28)34;3-2(4,5)1(6)7/h3-14,23H,15-16H2,1-2H3,(H,30,34)(H,31,32);(H,6,7)/b11-7+;. The van der Waals surface area contributed by atoms with Crippen LogP contribution in [0.2, 0.25) is 5.02 Å². The van der Waals surface area contributed by atoms with Crippen LogP contribution < -0.4 is 5.32 Å². The van der Waals surface area contributed by atoms with E-state index < -0.39 is 17.6 Å². The molecule has 1 spiro atoms. The quantitative estimate of drug-likeness (QED) is 0.251. The van der Waals surface area contributed by atoms with Gasteiger partial charge in [-0.1, -0.05) is 54.1 Å². The Morgan fingerprint density at radius 3 is 2.49 bits per heavy atom. The number of carboxylic acid groups (broad SMARTS) is 1. The van der Waals surface area contributed by atoms with Crippen molar-refractivity contribution in [2.75, 3.05) is 19.4 Å². The highest BCUT2D eigenvalue weighted by Gasteiger charge is 2.65. The van der Waals surface area contributed by atoms with Gasteiger partial charge in [0, 0.05) is 28.6 Å². The molecule has 2 aliphatic rings. The monoisotopic (exact) mass is 582 g/mol. The van der Waals surface area contributed by atoms with Gasteiger partial charge in [0.25, 0.3) is 0 Å². The van der Waals surface area contributed by atoms with E-state index in [2.05, 4.69) is 83.0 Å². The fourth-order valence-corrected chi connectivity index (χ4v) is 5.41. The zero-order valence-corrected chi connectivity index (χ0v) is 22.8. The number of aromatic nitrogens is 2. The van der Waals surface area contributed by atoms with E-state index in [0.29, 0.717) is 5.02 Å². The highest BCUT2D eigenvalue weighted by molar-refractivity contribution is 6.31. The number of alkyl halides is 3. The Kier molecular flexibility index (Phi) is 7.39. The van der Waals surface area contributed by atoms with E-state index in [4.69, 9.17) is 21.5 Å². The molecule has 1 amide bonds. The first-order chi connectivity index (χ1) is 19.4. The molecule has 41 heavy (non-hydrogen) atoms. The number of hydrogen-bond acceptors (Lipinski definition) is 4. The number of nitrogens with zero attached hydrogens (tertiary/aromatic N) is 2. The average molecular weight is 583 g/mol. The van der Waals surface area contributed by atoms with Crippen LogP contribution >= 0.6 is 11.6 Å². The number of benzene rings is 3. The summed E-state index contributed by atoms with van der Waals surface area (Å²) < 4.78 is 31.7. The number of rotatable bonds is 5. The van der Waals surface area contributed by atoms with Gasteiger partial charge in [-0.05, 0) is 73.1 Å². The van der Waals surface area contributed by atoms with Crippen molar-refractivity contribution in [2.45, 2.75) is 30.5 Å². The summed E-state index contributed by atoms with van der Waals surface area (Å²) in [5.74, 6) is -2.55. The molecule has 2 atom stereocenters. The van der Waals surface area contributed by atoms with Crippen LogP contribution in [0.5, 0.6) is 0 Å². The number of aromatic amines is 1. The predicted octanol–water partition coefficient (Wildman–Crippen LogP) is 6.46. The Morgan fingerprint density at radius 2 is 1.83 bits per heavy atom. The van der Waals surface area contributed by atoms with E-state index >= 15 is 0 Å². The fourth-order valence-electron chi connectivity index (χ4n) is 5.24. The molecule has 1 aliphatic heterocycles. The summed E-state index contributed by atoms with van der Waals surface area (Å²) in [7, 11) is 4.14. The number of hydrogen-bond donors (Lipinski definition) is 3. The molecule has 3 N–H and O–H groups in total. The average Bonchev–Trinajstić information content (AvgIpc) is 3.45. The second kappa shape index (κ2) is 10.7. The number of carboxylic acids is 1. The summed E-state index contributed by atoms with van der Waals surface area (Å²) in [6.45, 7) is 0.929. The first kappa shape index (κ1) is 28.4. The molecule has 4 aromatic rings. The molecule has 0 bridgehead atoms. The molecule has 7 nitrogen and oxygen atoms in total. The number of anilines is 1. The van der Waals surface area contributed by atoms with Crippen LogP contribution in [0.15, 0.2) is 60.7 Å². The van der Waals surface area contributed by atoms with Crippen LogP contribution in [0.25, 0.3) is 23.1 Å². The Bertz CT molecular complexity index is 1660. The molecule has 2 unspecified atom stereocenters. The van der Waals surface area contributed by atoms with Crippen molar-refractivity contribution in [2.24, 2.45) is 0 Å². The van der Waals surface area contributed by atoms with Gasteiger partial charge < -0.3 is 15.3 Å². The molecule has 0 saturated heterocycles. The first-order valence-electron chi connectivity index (χ1n) is 12.7. The lowest BCUT2D eigenvalue weighted by Gasteiger charge is -2.09. The third kappa shape index (κ3) is 5.71. The van der Waals surface area contributed by atoms with Gasteiger partial charge in [0.05, 0.1) is 16.6 Å². The minimum atomic E-state index is -5.08. The van der Waals surface area contributed by atoms with E-state index in [0.717, 1.165) is 51.9 Å². The van der Waals surface area contributed by atoms with Gasteiger partial charge in [0.15, 0.2) is 0 Å². The lowest BCUT2D eigenvalue weighted by Crippen LogP contribution is -2.21. The molecular formula is C30H26ClF3N4O3. The van der Waals surface area contributed by atoms with Gasteiger partial charge in [-0.25, -0.2) is 4.79 Å². The van der Waals surface area contributed by atoms with Crippen molar-refractivity contribution in [3.63, 3.8) is 0 Å². The number of carbonyl (C=O) groups excluding carboxylic acids is 1. The SMILES string of the molecule is CN(C)Cc1ccc(/C=C/c2n[nH]c3cc(C4CC45C(=O)Nc4ccc(Cl)cc45)ccc23)cc1.O=C(O)C(F)(F)F. The van der Waals surface area contributed by atoms with Crippen molar-refractivity contribution >= 4 is 52.2 Å². The molecule has 1 saturated carbocycles. The van der Waals surface area contributed by atoms with E-state index in [-0.39, 0.29) is 11.8 Å². The number of aliphatic carboxylic acids is 1. The molecule has 11 heteroatoms. The fraction of sp³-hybridized carbons (Fsp3) is 0.233. The normalized spacial score (nSPS) is 19.4. The second-order valence-electron chi connectivity index (χ2n) is 10.4. The van der Waals surface area contributed by atoms with Crippen molar-refractivity contribution in [3.05, 3.63) is 93.6 Å². The molecule has 6 rings (SSSR count). The topological polar surface area (TPSA) is 98.3 Å². The molecular weight excluding hydrogens is 557 g/mol. The summed E-state index contributed by atoms with van der Waals surface area (Å²) >= 11 is 6.24. The third-order valence-electron chi connectivity index (χ3n) is 7.25. The van der Waals surface area contributed by atoms with E-state index in [9.17, 15) is 18.0 Å². The van der Waals surface area contributed by atoms with Crippen molar-refractivity contribution in [1.82, 2.24) is 15.1 Å². The van der Waals surface area contributed by atoms with Gasteiger partial charge in [-0.15, -0.1) is 0 Å². The largest absolute Gasteiger partial charge is 0.490 e. The molecule has 3 aromatic carbocycles. The zero-order valence-electron chi connectivity index (χ0n) is 22.1. The lowest BCUT2D eigenvalue weighted by molar-refractivity contribution is -0.192. The number of carbonyl (C=O) groups is 2. The maximum absolute atomic E-state index is 12.9. The van der Waals surface area contributed by atoms with Gasteiger partial charge in [-0.3, -0.25) is 9.89 Å². The van der Waals surface area contributed by atoms with Crippen molar-refractivity contribution in [1.29, 1.82) is 0 Å². The Hall–Kier alpha value is -4.15. The van der Waals surface area contributed by atoms with Crippen LogP contribution in [-0.2, 0) is 21.5 Å². The van der Waals surface area contributed by atoms with Gasteiger partial charge >= 0.3 is 12.1 Å². The number of halogens is 4. The predicted molar refractivity (Wildman–Crippen MR) is 152 cm³/mol. The van der Waals surface area contributed by atoms with Gasteiger partial charge in [0.2, 0.25) is 5.91 Å². The maximum Gasteiger partial charge on any atom is 0.490 e. The van der Waals surface area contributed by atoms with Gasteiger partial charge in [-0.2, -0.15) is 18.3 Å². The summed E-state index contributed by atoms with van der Waals surface area (Å²) in [5.41, 5.74) is 6.84. The van der Waals surface area contributed by atoms with E-state index in [1.165, 1.54) is 5.56 Å². The number of fused-ring (bicyclic) bond motifs is 3. The highest BCUT2D eigenvalue weighted by atomic mass is 35.5. The summed E-state index contributed by atoms with van der Waals surface area (Å²) in [6.07, 6.45) is -0.161. The van der Waals surface area contributed by atoms with Crippen molar-refractivity contribution in [3.8, 4) is 0 Å². The number of amides is 1. The van der Waals surface area contributed by atoms with Crippen LogP contribution in [0.1, 0.15) is 40.3 Å². The molecule has 2 heterocycles. The lowest BCUT2D eigenvalue weighted by atomic mass is 9.92. The number of H-pyrrole nitrogens is 1.